The van der Waals surface area contributed by atoms with Crippen molar-refractivity contribution >= 4 is 33.5 Å². The minimum Gasteiger partial charge on any atom is -0.495 e. The molecule has 1 heterocycles. The van der Waals surface area contributed by atoms with Gasteiger partial charge in [0.25, 0.3) is 0 Å². The molecule has 4 rings (SSSR count). The SMILES string of the molecule is COc1cc2c(cc1NC(=O)C1CCCCC1)oc1ccccc12. The molecule has 4 heteroatoms. The Kier molecular flexibility index (Phi) is 3.89. The highest BCUT2D eigenvalue weighted by molar-refractivity contribution is 6.07. The maximum Gasteiger partial charge on any atom is 0.227 e. The van der Waals surface area contributed by atoms with Crippen molar-refractivity contribution in [1.82, 2.24) is 0 Å². The first-order chi connectivity index (χ1) is 11.8. The molecule has 0 bridgehead atoms. The van der Waals surface area contributed by atoms with Crippen molar-refractivity contribution in [3.05, 3.63) is 36.4 Å². The Morgan fingerprint density at radius 2 is 1.88 bits per heavy atom. The van der Waals surface area contributed by atoms with Gasteiger partial charge in [0, 0.05) is 22.8 Å². The molecule has 0 radical (unpaired) electrons. The highest BCUT2D eigenvalue weighted by Crippen LogP contribution is 2.37. The first-order valence-corrected chi connectivity index (χ1v) is 8.56. The van der Waals surface area contributed by atoms with Crippen molar-refractivity contribution < 1.29 is 13.9 Å². The number of furan rings is 1. The van der Waals surface area contributed by atoms with E-state index in [1.54, 1.807) is 7.11 Å². The van der Waals surface area contributed by atoms with Crippen molar-refractivity contribution in [2.45, 2.75) is 32.1 Å². The summed E-state index contributed by atoms with van der Waals surface area (Å²) in [6, 6.07) is 11.7. The van der Waals surface area contributed by atoms with Gasteiger partial charge in [-0.3, -0.25) is 4.79 Å². The van der Waals surface area contributed by atoms with Crippen LogP contribution in [0.1, 0.15) is 32.1 Å². The Hall–Kier alpha value is -2.49. The molecule has 0 atom stereocenters. The number of rotatable bonds is 3. The van der Waals surface area contributed by atoms with Gasteiger partial charge in [-0.05, 0) is 25.0 Å². The van der Waals surface area contributed by atoms with Crippen LogP contribution in [0.25, 0.3) is 21.9 Å². The number of hydrogen-bond acceptors (Lipinski definition) is 3. The third-order valence-corrected chi connectivity index (χ3v) is 4.93. The molecule has 2 aromatic carbocycles. The number of anilines is 1. The van der Waals surface area contributed by atoms with Gasteiger partial charge in [-0.15, -0.1) is 0 Å². The van der Waals surface area contributed by atoms with Crippen LogP contribution in [-0.2, 0) is 4.79 Å². The lowest BCUT2D eigenvalue weighted by Gasteiger charge is -2.21. The minimum atomic E-state index is 0.0865. The number of benzene rings is 2. The van der Waals surface area contributed by atoms with Crippen LogP contribution in [0.3, 0.4) is 0 Å². The number of carbonyl (C=O) groups is 1. The zero-order valence-electron chi connectivity index (χ0n) is 13.8. The molecular formula is C20H21NO3. The number of amides is 1. The number of fused-ring (bicyclic) bond motifs is 3. The van der Waals surface area contributed by atoms with Crippen LogP contribution in [0.15, 0.2) is 40.8 Å². The second-order valence-electron chi connectivity index (χ2n) is 6.47. The normalized spacial score (nSPS) is 15.7. The third-order valence-electron chi connectivity index (χ3n) is 4.93. The summed E-state index contributed by atoms with van der Waals surface area (Å²) in [6.07, 6.45) is 5.45. The maximum absolute atomic E-state index is 12.5. The smallest absolute Gasteiger partial charge is 0.227 e. The highest BCUT2D eigenvalue weighted by Gasteiger charge is 2.22. The molecule has 0 aliphatic heterocycles. The Balaban J connectivity index is 1.71. The van der Waals surface area contributed by atoms with E-state index in [-0.39, 0.29) is 11.8 Å². The fourth-order valence-corrected chi connectivity index (χ4v) is 3.62. The Bertz CT molecular complexity index is 890. The maximum atomic E-state index is 12.5. The van der Waals surface area contributed by atoms with E-state index in [4.69, 9.17) is 9.15 Å². The van der Waals surface area contributed by atoms with E-state index in [1.165, 1.54) is 6.42 Å². The van der Waals surface area contributed by atoms with E-state index in [0.717, 1.165) is 47.6 Å². The van der Waals surface area contributed by atoms with Gasteiger partial charge in [-0.1, -0.05) is 37.5 Å². The van der Waals surface area contributed by atoms with E-state index in [1.807, 2.05) is 36.4 Å². The van der Waals surface area contributed by atoms with Crippen LogP contribution < -0.4 is 10.1 Å². The molecule has 4 nitrogen and oxygen atoms in total. The van der Waals surface area contributed by atoms with E-state index >= 15 is 0 Å². The number of para-hydroxylation sites is 1. The average molecular weight is 323 g/mol. The fourth-order valence-electron chi connectivity index (χ4n) is 3.62. The second kappa shape index (κ2) is 6.19. The monoisotopic (exact) mass is 323 g/mol. The van der Waals surface area contributed by atoms with Gasteiger partial charge < -0.3 is 14.5 Å². The zero-order valence-corrected chi connectivity index (χ0v) is 13.8. The van der Waals surface area contributed by atoms with Crippen molar-refractivity contribution in [1.29, 1.82) is 0 Å². The largest absolute Gasteiger partial charge is 0.495 e. The first-order valence-electron chi connectivity index (χ1n) is 8.56. The lowest BCUT2D eigenvalue weighted by atomic mass is 9.88. The molecule has 1 N–H and O–H groups in total. The molecule has 1 aromatic heterocycles. The summed E-state index contributed by atoms with van der Waals surface area (Å²) in [5.41, 5.74) is 2.28. The van der Waals surface area contributed by atoms with E-state index < -0.39 is 0 Å². The lowest BCUT2D eigenvalue weighted by Crippen LogP contribution is -2.24. The molecule has 124 valence electrons. The van der Waals surface area contributed by atoms with Crippen molar-refractivity contribution in [3.63, 3.8) is 0 Å². The second-order valence-corrected chi connectivity index (χ2v) is 6.47. The van der Waals surface area contributed by atoms with Gasteiger partial charge in [0.2, 0.25) is 5.91 Å². The minimum absolute atomic E-state index is 0.0865. The molecule has 1 aliphatic carbocycles. The van der Waals surface area contributed by atoms with Crippen LogP contribution in [0.4, 0.5) is 5.69 Å². The third kappa shape index (κ3) is 2.62. The summed E-state index contributed by atoms with van der Waals surface area (Å²) in [7, 11) is 1.62. The van der Waals surface area contributed by atoms with Crippen LogP contribution in [0.5, 0.6) is 5.75 Å². The van der Waals surface area contributed by atoms with Gasteiger partial charge in [0.1, 0.15) is 16.9 Å². The molecule has 0 spiro atoms. The average Bonchev–Trinajstić information content (AvgIpc) is 2.99. The van der Waals surface area contributed by atoms with Crippen LogP contribution in [-0.4, -0.2) is 13.0 Å². The topological polar surface area (TPSA) is 51.5 Å². The first kappa shape index (κ1) is 15.1. The predicted molar refractivity (Wildman–Crippen MR) is 95.5 cm³/mol. The zero-order chi connectivity index (χ0) is 16.5. The van der Waals surface area contributed by atoms with Crippen molar-refractivity contribution in [2.24, 2.45) is 5.92 Å². The van der Waals surface area contributed by atoms with E-state index in [0.29, 0.717) is 11.4 Å². The number of ether oxygens (including phenoxy) is 1. The number of methoxy groups -OCH3 is 1. The van der Waals surface area contributed by atoms with Gasteiger partial charge in [0.15, 0.2) is 0 Å². The number of carbonyl (C=O) groups excluding carboxylic acids is 1. The Morgan fingerprint density at radius 3 is 2.67 bits per heavy atom. The highest BCUT2D eigenvalue weighted by atomic mass is 16.5. The molecule has 0 unspecified atom stereocenters. The standard InChI is InChI=1S/C20H21NO3/c1-23-19-11-15-14-9-5-6-10-17(14)24-18(15)12-16(19)21-20(22)13-7-3-2-4-8-13/h5-6,9-13H,2-4,7-8H2,1H3,(H,21,22). The number of nitrogens with one attached hydrogen (secondary N) is 1. The summed E-state index contributed by atoms with van der Waals surface area (Å²) < 4.78 is 11.4. The van der Waals surface area contributed by atoms with Gasteiger partial charge in [-0.25, -0.2) is 0 Å². The summed E-state index contributed by atoms with van der Waals surface area (Å²) in [5.74, 6) is 0.858. The predicted octanol–water partition coefficient (Wildman–Crippen LogP) is 5.11. The quantitative estimate of drug-likeness (QED) is 0.728. The fraction of sp³-hybridized carbons (Fsp3) is 0.350. The molecule has 1 fully saturated rings. The molecule has 0 saturated heterocycles. The van der Waals surface area contributed by atoms with Gasteiger partial charge >= 0.3 is 0 Å². The molecule has 24 heavy (non-hydrogen) atoms. The molecule has 1 amide bonds. The summed E-state index contributed by atoms with van der Waals surface area (Å²) in [4.78, 5) is 12.5. The Labute approximate surface area is 140 Å². The van der Waals surface area contributed by atoms with Crippen molar-refractivity contribution in [2.75, 3.05) is 12.4 Å². The van der Waals surface area contributed by atoms with Crippen LogP contribution in [0.2, 0.25) is 0 Å². The summed E-state index contributed by atoms with van der Waals surface area (Å²) >= 11 is 0. The van der Waals surface area contributed by atoms with Crippen molar-refractivity contribution in [3.8, 4) is 5.75 Å². The van der Waals surface area contributed by atoms with Gasteiger partial charge in [-0.2, -0.15) is 0 Å². The number of hydrogen-bond donors (Lipinski definition) is 1. The molecule has 3 aromatic rings. The van der Waals surface area contributed by atoms with E-state index in [9.17, 15) is 4.79 Å². The molecule has 1 saturated carbocycles. The van der Waals surface area contributed by atoms with Crippen LogP contribution >= 0.6 is 0 Å². The van der Waals surface area contributed by atoms with Crippen LogP contribution in [0, 0.1) is 5.92 Å². The molecule has 1 aliphatic rings. The molecular weight excluding hydrogens is 302 g/mol. The van der Waals surface area contributed by atoms with Gasteiger partial charge in [0.05, 0.1) is 12.8 Å². The summed E-state index contributed by atoms with van der Waals surface area (Å²) in [6.45, 7) is 0. The Morgan fingerprint density at radius 1 is 1.08 bits per heavy atom. The summed E-state index contributed by atoms with van der Waals surface area (Å²) in [5, 5.41) is 5.09. The van der Waals surface area contributed by atoms with E-state index in [2.05, 4.69) is 5.32 Å². The lowest BCUT2D eigenvalue weighted by molar-refractivity contribution is -0.120.